The molecule has 0 bridgehead atoms. The van der Waals surface area contributed by atoms with Gasteiger partial charge in [0.1, 0.15) is 12.3 Å². The molecule has 0 fully saturated rings. The molecule has 11 nitrogen and oxygen atoms in total. The minimum atomic E-state index is -0.568. The van der Waals surface area contributed by atoms with Gasteiger partial charge in [0.05, 0.1) is 26.5 Å². The van der Waals surface area contributed by atoms with E-state index in [1.165, 1.54) is 14.2 Å². The second kappa shape index (κ2) is 10.2. The average molecular weight is 440 g/mol. The Morgan fingerprint density at radius 3 is 2.50 bits per heavy atom. The molecule has 168 valence electrons. The number of benzene rings is 2. The lowest BCUT2D eigenvalue weighted by Gasteiger charge is -2.11. The van der Waals surface area contributed by atoms with Crippen LogP contribution in [0.2, 0.25) is 0 Å². The topological polar surface area (TPSA) is 143 Å². The monoisotopic (exact) mass is 440 g/mol. The first-order valence-corrected chi connectivity index (χ1v) is 9.70. The quantitative estimate of drug-likeness (QED) is 0.459. The molecule has 3 rings (SSSR count). The number of nitrogen functional groups attached to an aromatic ring is 1. The lowest BCUT2D eigenvalue weighted by Crippen LogP contribution is -2.21. The number of nitrogens with one attached hydrogen (secondary N) is 2. The molecule has 0 saturated carbocycles. The number of nitrogens with zero attached hydrogens (tertiary/aromatic N) is 3. The fraction of sp³-hybridized carbons (Fsp3) is 0.238. The second-order valence-corrected chi connectivity index (χ2v) is 6.48. The summed E-state index contributed by atoms with van der Waals surface area (Å²) in [6.07, 6.45) is 0. The van der Waals surface area contributed by atoms with Gasteiger partial charge >= 0.3 is 0 Å². The number of methoxy groups -OCH3 is 2. The maximum absolute atomic E-state index is 12.6. The zero-order valence-corrected chi connectivity index (χ0v) is 17.9. The summed E-state index contributed by atoms with van der Waals surface area (Å²) in [4.78, 5) is 25.1. The summed E-state index contributed by atoms with van der Waals surface area (Å²) in [6, 6.07) is 11.9. The lowest BCUT2D eigenvalue weighted by atomic mass is 10.2. The molecule has 4 N–H and O–H groups in total. The highest BCUT2D eigenvalue weighted by molar-refractivity contribution is 6.06. The van der Waals surface area contributed by atoms with Crippen LogP contribution in [0, 0.1) is 0 Å². The fourth-order valence-corrected chi connectivity index (χ4v) is 2.88. The summed E-state index contributed by atoms with van der Waals surface area (Å²) in [5.41, 5.74) is 6.88. The first kappa shape index (κ1) is 22.4. The van der Waals surface area contributed by atoms with Crippen LogP contribution in [0.3, 0.4) is 0 Å². The highest BCUT2D eigenvalue weighted by atomic mass is 16.5. The Morgan fingerprint density at radius 2 is 1.78 bits per heavy atom. The Hall–Kier alpha value is -4.28. The van der Waals surface area contributed by atoms with Gasteiger partial charge in [0, 0.05) is 11.8 Å². The lowest BCUT2D eigenvalue weighted by molar-refractivity contribution is -0.116. The van der Waals surface area contributed by atoms with Gasteiger partial charge in [-0.15, -0.1) is 5.10 Å². The van der Waals surface area contributed by atoms with E-state index in [2.05, 4.69) is 20.9 Å². The van der Waals surface area contributed by atoms with Gasteiger partial charge in [-0.25, -0.2) is 4.68 Å². The summed E-state index contributed by atoms with van der Waals surface area (Å²) >= 11 is 0. The van der Waals surface area contributed by atoms with Gasteiger partial charge in [-0.1, -0.05) is 17.3 Å². The van der Waals surface area contributed by atoms with E-state index in [0.29, 0.717) is 35.2 Å². The summed E-state index contributed by atoms with van der Waals surface area (Å²) in [5.74, 6) is 0.496. The van der Waals surface area contributed by atoms with E-state index < -0.39 is 11.8 Å². The summed E-state index contributed by atoms with van der Waals surface area (Å²) < 4.78 is 17.0. The van der Waals surface area contributed by atoms with Crippen LogP contribution in [0.25, 0.3) is 0 Å². The second-order valence-electron chi connectivity index (χ2n) is 6.48. The highest BCUT2D eigenvalue weighted by Crippen LogP contribution is 2.29. The predicted molar refractivity (Wildman–Crippen MR) is 118 cm³/mol. The number of aromatic nitrogens is 3. The normalized spacial score (nSPS) is 10.3. The standard InChI is InChI=1S/C21H24N6O5/c1-4-32-15-8-6-5-7-14(15)24-21(29)19-20(22)27(26-25-19)12-18(28)23-13-9-10-16(30-2)17(11-13)31-3/h5-11H,4,12,22H2,1-3H3,(H,23,28)(H,24,29). The van der Waals surface area contributed by atoms with Crippen molar-refractivity contribution < 1.29 is 23.8 Å². The van der Waals surface area contributed by atoms with Crippen LogP contribution in [0.15, 0.2) is 42.5 Å². The SMILES string of the molecule is CCOc1ccccc1NC(=O)c1nnn(CC(=O)Nc2ccc(OC)c(OC)c2)c1N. The van der Waals surface area contributed by atoms with Crippen LogP contribution in [-0.2, 0) is 11.3 Å². The Bertz CT molecular complexity index is 1110. The largest absolute Gasteiger partial charge is 0.493 e. The third-order valence-corrected chi connectivity index (χ3v) is 4.38. The van der Waals surface area contributed by atoms with Crippen molar-refractivity contribution in [2.24, 2.45) is 0 Å². The van der Waals surface area contributed by atoms with Crippen LogP contribution in [0.1, 0.15) is 17.4 Å². The van der Waals surface area contributed by atoms with Crippen molar-refractivity contribution in [1.82, 2.24) is 15.0 Å². The summed E-state index contributed by atoms with van der Waals surface area (Å²) in [7, 11) is 3.02. The van der Waals surface area contributed by atoms with Crippen LogP contribution in [-0.4, -0.2) is 47.6 Å². The molecule has 0 aliphatic rings. The molecule has 1 heterocycles. The van der Waals surface area contributed by atoms with Gasteiger partial charge < -0.3 is 30.6 Å². The molecular weight excluding hydrogens is 416 g/mol. The Morgan fingerprint density at radius 1 is 1.03 bits per heavy atom. The number of hydrogen-bond acceptors (Lipinski definition) is 8. The average Bonchev–Trinajstić information content (AvgIpc) is 3.15. The third kappa shape index (κ3) is 5.06. The number of ether oxygens (including phenoxy) is 3. The highest BCUT2D eigenvalue weighted by Gasteiger charge is 2.20. The number of hydrogen-bond donors (Lipinski definition) is 3. The zero-order chi connectivity index (χ0) is 23.1. The van der Waals surface area contributed by atoms with Crippen molar-refractivity contribution in [1.29, 1.82) is 0 Å². The van der Waals surface area contributed by atoms with E-state index in [1.54, 1.807) is 42.5 Å². The van der Waals surface area contributed by atoms with Crippen molar-refractivity contribution in [2.75, 3.05) is 37.2 Å². The fourth-order valence-electron chi connectivity index (χ4n) is 2.88. The smallest absolute Gasteiger partial charge is 0.280 e. The Kier molecular flexibility index (Phi) is 7.11. The summed E-state index contributed by atoms with van der Waals surface area (Å²) in [5, 5.41) is 13.0. The first-order chi connectivity index (χ1) is 15.5. The molecule has 2 aromatic carbocycles. The molecule has 0 aliphatic carbocycles. The van der Waals surface area contributed by atoms with Crippen molar-refractivity contribution in [3.63, 3.8) is 0 Å². The molecule has 0 spiro atoms. The Balaban J connectivity index is 1.68. The molecular formula is C21H24N6O5. The van der Waals surface area contributed by atoms with Crippen LogP contribution in [0.4, 0.5) is 17.2 Å². The molecule has 0 radical (unpaired) electrons. The van der Waals surface area contributed by atoms with E-state index >= 15 is 0 Å². The number of rotatable bonds is 9. The van der Waals surface area contributed by atoms with Crippen LogP contribution < -0.4 is 30.6 Å². The van der Waals surface area contributed by atoms with Crippen molar-refractivity contribution in [3.05, 3.63) is 48.2 Å². The molecule has 3 aromatic rings. The summed E-state index contributed by atoms with van der Waals surface area (Å²) in [6.45, 7) is 2.05. The van der Waals surface area contributed by atoms with Crippen LogP contribution >= 0.6 is 0 Å². The molecule has 2 amide bonds. The molecule has 11 heteroatoms. The van der Waals surface area contributed by atoms with Gasteiger partial charge in [-0.05, 0) is 31.2 Å². The van der Waals surface area contributed by atoms with Gasteiger partial charge in [-0.3, -0.25) is 9.59 Å². The predicted octanol–water partition coefficient (Wildman–Crippen LogP) is 2.17. The number of para-hydroxylation sites is 2. The van der Waals surface area contributed by atoms with Gasteiger partial charge in [0.25, 0.3) is 5.91 Å². The molecule has 1 aromatic heterocycles. The van der Waals surface area contributed by atoms with Crippen molar-refractivity contribution in [2.45, 2.75) is 13.5 Å². The van der Waals surface area contributed by atoms with Crippen molar-refractivity contribution in [3.8, 4) is 17.2 Å². The minimum absolute atomic E-state index is 0.0427. The van der Waals surface area contributed by atoms with E-state index in [4.69, 9.17) is 19.9 Å². The van der Waals surface area contributed by atoms with Gasteiger partial charge in [-0.2, -0.15) is 0 Å². The van der Waals surface area contributed by atoms with Gasteiger partial charge in [0.2, 0.25) is 5.91 Å². The number of carbonyl (C=O) groups is 2. The van der Waals surface area contributed by atoms with E-state index in [0.717, 1.165) is 4.68 Å². The van der Waals surface area contributed by atoms with Gasteiger partial charge in [0.15, 0.2) is 23.0 Å². The number of nitrogens with two attached hydrogens (primary N) is 1. The maximum atomic E-state index is 12.6. The van der Waals surface area contributed by atoms with Crippen LogP contribution in [0.5, 0.6) is 17.2 Å². The molecule has 0 unspecified atom stereocenters. The first-order valence-electron chi connectivity index (χ1n) is 9.70. The number of carbonyl (C=O) groups excluding carboxylic acids is 2. The molecule has 0 aliphatic heterocycles. The molecule has 0 atom stereocenters. The van der Waals surface area contributed by atoms with Crippen molar-refractivity contribution >= 4 is 29.0 Å². The van der Waals surface area contributed by atoms with E-state index in [9.17, 15) is 9.59 Å². The third-order valence-electron chi connectivity index (χ3n) is 4.38. The number of amides is 2. The Labute approximate surface area is 184 Å². The molecule has 0 saturated heterocycles. The number of anilines is 3. The minimum Gasteiger partial charge on any atom is -0.493 e. The zero-order valence-electron chi connectivity index (χ0n) is 17.9. The molecule has 32 heavy (non-hydrogen) atoms. The van der Waals surface area contributed by atoms with E-state index in [1.807, 2.05) is 6.92 Å². The van der Waals surface area contributed by atoms with E-state index in [-0.39, 0.29) is 18.1 Å². The maximum Gasteiger partial charge on any atom is 0.280 e.